The lowest BCUT2D eigenvalue weighted by molar-refractivity contribution is 0.208. The molecular weight excluding hydrogens is 292 g/mol. The average Bonchev–Trinajstić information content (AvgIpc) is 2.38. The van der Waals surface area contributed by atoms with Gasteiger partial charge >= 0.3 is 6.03 Å². The molecule has 0 aliphatic rings. The monoisotopic (exact) mass is 312 g/mol. The molecule has 1 rings (SSSR count). The van der Waals surface area contributed by atoms with Crippen LogP contribution in [0.5, 0.6) is 0 Å². The van der Waals surface area contributed by atoms with Gasteiger partial charge in [0, 0.05) is 24.6 Å². The summed E-state index contributed by atoms with van der Waals surface area (Å²) in [5, 5.41) is 2.93. The predicted octanol–water partition coefficient (Wildman–Crippen LogP) is 3.43. The van der Waals surface area contributed by atoms with Crippen molar-refractivity contribution >= 4 is 22.0 Å². The first-order valence-corrected chi connectivity index (χ1v) is 7.16. The number of unbranched alkanes of at least 4 members (excludes halogenated alkanes) is 1. The van der Waals surface area contributed by atoms with Crippen LogP contribution in [-0.2, 0) is 6.42 Å². The standard InChI is InChI=1S/C14H21BrN2O/c1-3-4-11-17(2)14(18)16-10-9-12-5-7-13(15)8-6-12/h5-8H,3-4,9-11H2,1-2H3,(H,16,18). The molecule has 0 radical (unpaired) electrons. The minimum atomic E-state index is 0.0144. The number of urea groups is 1. The lowest BCUT2D eigenvalue weighted by atomic mass is 10.1. The van der Waals surface area contributed by atoms with E-state index in [0.717, 1.165) is 30.3 Å². The highest BCUT2D eigenvalue weighted by Crippen LogP contribution is 2.10. The number of benzene rings is 1. The number of nitrogens with zero attached hydrogens (tertiary/aromatic N) is 1. The molecule has 0 saturated heterocycles. The number of amides is 2. The number of nitrogens with one attached hydrogen (secondary N) is 1. The maximum Gasteiger partial charge on any atom is 0.317 e. The van der Waals surface area contributed by atoms with Crippen LogP contribution in [0.4, 0.5) is 4.79 Å². The Kier molecular flexibility index (Phi) is 6.80. The summed E-state index contributed by atoms with van der Waals surface area (Å²) in [7, 11) is 1.84. The molecule has 1 aromatic carbocycles. The van der Waals surface area contributed by atoms with Gasteiger partial charge in [-0.1, -0.05) is 41.4 Å². The highest BCUT2D eigenvalue weighted by molar-refractivity contribution is 9.10. The second-order valence-corrected chi connectivity index (χ2v) is 5.30. The average molecular weight is 313 g/mol. The number of rotatable bonds is 6. The summed E-state index contributed by atoms with van der Waals surface area (Å²) in [6.45, 7) is 3.62. The molecule has 0 bridgehead atoms. The Labute approximate surface area is 118 Å². The number of carbonyl (C=O) groups excluding carboxylic acids is 1. The van der Waals surface area contributed by atoms with E-state index in [4.69, 9.17) is 0 Å². The molecule has 3 nitrogen and oxygen atoms in total. The number of hydrogen-bond donors (Lipinski definition) is 1. The molecule has 0 saturated carbocycles. The molecule has 0 aromatic heterocycles. The Morgan fingerprint density at radius 1 is 1.33 bits per heavy atom. The van der Waals surface area contributed by atoms with Crippen molar-refractivity contribution in [3.8, 4) is 0 Å². The van der Waals surface area contributed by atoms with Crippen molar-refractivity contribution in [2.24, 2.45) is 0 Å². The minimum absolute atomic E-state index is 0.0144. The zero-order valence-corrected chi connectivity index (χ0v) is 12.7. The van der Waals surface area contributed by atoms with Gasteiger partial charge < -0.3 is 10.2 Å². The quantitative estimate of drug-likeness (QED) is 0.857. The van der Waals surface area contributed by atoms with E-state index in [1.807, 2.05) is 19.2 Å². The molecule has 0 aliphatic heterocycles. The fourth-order valence-electron chi connectivity index (χ4n) is 1.60. The third-order valence-electron chi connectivity index (χ3n) is 2.80. The van der Waals surface area contributed by atoms with Crippen molar-refractivity contribution in [3.05, 3.63) is 34.3 Å². The smallest absolute Gasteiger partial charge is 0.317 e. The molecule has 2 amide bonds. The lowest BCUT2D eigenvalue weighted by Gasteiger charge is -2.17. The van der Waals surface area contributed by atoms with E-state index in [-0.39, 0.29) is 6.03 Å². The van der Waals surface area contributed by atoms with E-state index in [1.54, 1.807) is 4.90 Å². The van der Waals surface area contributed by atoms with E-state index < -0.39 is 0 Å². The Balaban J connectivity index is 2.24. The van der Waals surface area contributed by atoms with E-state index in [9.17, 15) is 4.79 Å². The third kappa shape index (κ3) is 5.54. The fourth-order valence-corrected chi connectivity index (χ4v) is 1.86. The molecule has 0 heterocycles. The summed E-state index contributed by atoms with van der Waals surface area (Å²) in [6.07, 6.45) is 3.02. The van der Waals surface area contributed by atoms with Crippen LogP contribution >= 0.6 is 15.9 Å². The summed E-state index contributed by atoms with van der Waals surface area (Å²) in [5.41, 5.74) is 1.23. The van der Waals surface area contributed by atoms with Gasteiger partial charge in [-0.15, -0.1) is 0 Å². The molecule has 0 atom stereocenters. The van der Waals surface area contributed by atoms with E-state index >= 15 is 0 Å². The molecule has 0 unspecified atom stereocenters. The molecule has 100 valence electrons. The van der Waals surface area contributed by atoms with Crippen LogP contribution in [0.1, 0.15) is 25.3 Å². The van der Waals surface area contributed by atoms with Crippen LogP contribution in [0, 0.1) is 0 Å². The largest absolute Gasteiger partial charge is 0.338 e. The van der Waals surface area contributed by atoms with E-state index in [0.29, 0.717) is 6.54 Å². The molecule has 0 fully saturated rings. The SMILES string of the molecule is CCCCN(C)C(=O)NCCc1ccc(Br)cc1. The lowest BCUT2D eigenvalue weighted by Crippen LogP contribution is -2.38. The number of hydrogen-bond acceptors (Lipinski definition) is 1. The van der Waals surface area contributed by atoms with Gasteiger partial charge in [-0.05, 0) is 30.5 Å². The van der Waals surface area contributed by atoms with Crippen molar-refractivity contribution in [1.29, 1.82) is 0 Å². The Morgan fingerprint density at radius 2 is 2.00 bits per heavy atom. The summed E-state index contributed by atoms with van der Waals surface area (Å²) >= 11 is 3.40. The zero-order chi connectivity index (χ0) is 13.4. The topological polar surface area (TPSA) is 32.3 Å². The van der Waals surface area contributed by atoms with Gasteiger partial charge in [0.05, 0.1) is 0 Å². The van der Waals surface area contributed by atoms with E-state index in [1.165, 1.54) is 5.56 Å². The molecule has 4 heteroatoms. The number of halogens is 1. The van der Waals surface area contributed by atoms with Gasteiger partial charge in [-0.25, -0.2) is 4.79 Å². The first-order chi connectivity index (χ1) is 8.63. The van der Waals surface area contributed by atoms with Gasteiger partial charge in [-0.3, -0.25) is 0 Å². The van der Waals surface area contributed by atoms with Gasteiger partial charge in [0.2, 0.25) is 0 Å². The van der Waals surface area contributed by atoms with Crippen LogP contribution in [-0.4, -0.2) is 31.1 Å². The molecular formula is C14H21BrN2O. The summed E-state index contributed by atoms with van der Waals surface area (Å²) < 4.78 is 1.08. The molecule has 1 aromatic rings. The summed E-state index contributed by atoms with van der Waals surface area (Å²) in [5.74, 6) is 0. The van der Waals surface area contributed by atoms with Crippen molar-refractivity contribution < 1.29 is 4.79 Å². The molecule has 18 heavy (non-hydrogen) atoms. The van der Waals surface area contributed by atoms with Crippen LogP contribution in [0.2, 0.25) is 0 Å². The van der Waals surface area contributed by atoms with Crippen molar-refractivity contribution in [1.82, 2.24) is 10.2 Å². The van der Waals surface area contributed by atoms with Crippen LogP contribution in [0.3, 0.4) is 0 Å². The van der Waals surface area contributed by atoms with Crippen LogP contribution in [0.25, 0.3) is 0 Å². The highest BCUT2D eigenvalue weighted by atomic mass is 79.9. The van der Waals surface area contributed by atoms with Crippen LogP contribution < -0.4 is 5.32 Å². The van der Waals surface area contributed by atoms with Gasteiger partial charge in [-0.2, -0.15) is 0 Å². The number of carbonyl (C=O) groups is 1. The first-order valence-electron chi connectivity index (χ1n) is 6.37. The second kappa shape index (κ2) is 8.14. The fraction of sp³-hybridized carbons (Fsp3) is 0.500. The van der Waals surface area contributed by atoms with Gasteiger partial charge in [0.25, 0.3) is 0 Å². The van der Waals surface area contributed by atoms with Crippen molar-refractivity contribution in [2.45, 2.75) is 26.2 Å². The Bertz CT molecular complexity index is 365. The highest BCUT2D eigenvalue weighted by Gasteiger charge is 2.06. The Hall–Kier alpha value is -1.03. The predicted molar refractivity (Wildman–Crippen MR) is 78.8 cm³/mol. The zero-order valence-electron chi connectivity index (χ0n) is 11.1. The van der Waals surface area contributed by atoms with Gasteiger partial charge in [0.15, 0.2) is 0 Å². The summed E-state index contributed by atoms with van der Waals surface area (Å²) in [4.78, 5) is 13.4. The molecule has 0 spiro atoms. The third-order valence-corrected chi connectivity index (χ3v) is 3.33. The maximum atomic E-state index is 11.7. The maximum absolute atomic E-state index is 11.7. The van der Waals surface area contributed by atoms with Crippen LogP contribution in [0.15, 0.2) is 28.7 Å². The van der Waals surface area contributed by atoms with Crippen molar-refractivity contribution in [3.63, 3.8) is 0 Å². The van der Waals surface area contributed by atoms with Gasteiger partial charge in [0.1, 0.15) is 0 Å². The van der Waals surface area contributed by atoms with E-state index in [2.05, 4.69) is 40.3 Å². The molecule has 0 aliphatic carbocycles. The normalized spacial score (nSPS) is 10.2. The molecule has 1 N–H and O–H groups in total. The Morgan fingerprint density at radius 3 is 2.61 bits per heavy atom. The van der Waals surface area contributed by atoms with Crippen molar-refractivity contribution in [2.75, 3.05) is 20.1 Å². The first kappa shape index (κ1) is 15.0. The summed E-state index contributed by atoms with van der Waals surface area (Å²) in [6, 6.07) is 8.18. The second-order valence-electron chi connectivity index (χ2n) is 4.38. The minimum Gasteiger partial charge on any atom is -0.338 e.